The average Bonchev–Trinajstić information content (AvgIpc) is 3.56. The summed E-state index contributed by atoms with van der Waals surface area (Å²) < 4.78 is 17.5. The van der Waals surface area contributed by atoms with Crippen molar-refractivity contribution >= 4 is 12.2 Å². The van der Waals surface area contributed by atoms with Gasteiger partial charge in [0.2, 0.25) is 0 Å². The Morgan fingerprint density at radius 3 is 2.67 bits per heavy atom. The number of aliphatic imine (C=N–C) groups is 1. The summed E-state index contributed by atoms with van der Waals surface area (Å²) in [7, 11) is 0. The maximum Gasteiger partial charge on any atom is 0.331 e. The fourth-order valence-corrected chi connectivity index (χ4v) is 10.6. The number of carbonyl (C=O) groups is 1. The number of ether oxygens (including phenoxy) is 3. The third-order valence-electron chi connectivity index (χ3n) is 13.0. The van der Waals surface area contributed by atoms with Gasteiger partial charge in [0, 0.05) is 48.4 Å². The van der Waals surface area contributed by atoms with E-state index in [0.717, 1.165) is 30.4 Å². The van der Waals surface area contributed by atoms with Gasteiger partial charge in [-0.3, -0.25) is 9.98 Å². The van der Waals surface area contributed by atoms with Crippen molar-refractivity contribution in [3.8, 4) is 0 Å². The lowest BCUT2D eigenvalue weighted by Crippen LogP contribution is -2.69. The van der Waals surface area contributed by atoms with Gasteiger partial charge in [-0.2, -0.15) is 0 Å². The van der Waals surface area contributed by atoms with Gasteiger partial charge in [-0.15, -0.1) is 0 Å². The number of rotatable bonds is 6. The molecule has 246 valence electrons. The predicted molar refractivity (Wildman–Crippen MR) is 164 cm³/mol. The molecule has 4 aliphatic carbocycles. The largest absolute Gasteiger partial charge is 0.458 e. The Kier molecular flexibility index (Phi) is 8.02. The van der Waals surface area contributed by atoms with E-state index in [2.05, 4.69) is 11.9 Å². The summed E-state index contributed by atoms with van der Waals surface area (Å²) in [6.45, 7) is 4.71. The molecule has 0 bridgehead atoms. The number of aliphatic hydroxyl groups is 4. The fourth-order valence-electron chi connectivity index (χ4n) is 10.6. The first kappa shape index (κ1) is 31.4. The zero-order valence-corrected chi connectivity index (χ0v) is 26.4. The molecular weight excluding hydrogens is 576 g/mol. The van der Waals surface area contributed by atoms with Crippen LogP contribution in [0, 0.1) is 28.6 Å². The van der Waals surface area contributed by atoms with Crippen LogP contribution < -0.4 is 0 Å². The maximum absolute atomic E-state index is 12.7. The third-order valence-corrected chi connectivity index (χ3v) is 13.0. The van der Waals surface area contributed by atoms with E-state index in [1.807, 2.05) is 24.5 Å². The van der Waals surface area contributed by atoms with Crippen LogP contribution in [0.15, 0.2) is 41.2 Å². The quantitative estimate of drug-likeness (QED) is 0.212. The van der Waals surface area contributed by atoms with E-state index in [4.69, 9.17) is 19.2 Å². The summed E-state index contributed by atoms with van der Waals surface area (Å²) >= 11 is 0. The monoisotopic (exact) mass is 624 g/mol. The second-order valence-corrected chi connectivity index (χ2v) is 15.0. The second-order valence-electron chi connectivity index (χ2n) is 15.0. The van der Waals surface area contributed by atoms with E-state index < -0.39 is 41.2 Å². The van der Waals surface area contributed by atoms with Crippen molar-refractivity contribution in [2.24, 2.45) is 33.6 Å². The summed E-state index contributed by atoms with van der Waals surface area (Å²) in [4.78, 5) is 21.2. The van der Waals surface area contributed by atoms with Crippen molar-refractivity contribution < 1.29 is 39.4 Å². The van der Waals surface area contributed by atoms with Crippen LogP contribution in [0.5, 0.6) is 0 Å². The minimum Gasteiger partial charge on any atom is -0.458 e. The molecule has 0 radical (unpaired) electrons. The molecule has 12 atom stereocenters. The van der Waals surface area contributed by atoms with Gasteiger partial charge in [-0.1, -0.05) is 13.0 Å². The van der Waals surface area contributed by atoms with Gasteiger partial charge in [0.1, 0.15) is 12.7 Å². The van der Waals surface area contributed by atoms with Crippen LogP contribution >= 0.6 is 0 Å². The molecule has 4 N–H and O–H groups in total. The molecule has 2 aliphatic heterocycles. The van der Waals surface area contributed by atoms with E-state index in [0.29, 0.717) is 51.7 Å². The smallest absolute Gasteiger partial charge is 0.331 e. The van der Waals surface area contributed by atoms with Crippen LogP contribution in [-0.4, -0.2) is 86.1 Å². The van der Waals surface area contributed by atoms with Crippen molar-refractivity contribution in [2.45, 2.75) is 127 Å². The van der Waals surface area contributed by atoms with Gasteiger partial charge < -0.3 is 34.6 Å². The summed E-state index contributed by atoms with van der Waals surface area (Å²) in [6.07, 6.45) is 10.2. The first-order valence-electron chi connectivity index (χ1n) is 16.9. The van der Waals surface area contributed by atoms with Crippen LogP contribution in [0.3, 0.4) is 0 Å². The molecule has 1 aromatic rings. The van der Waals surface area contributed by atoms with Gasteiger partial charge in [-0.25, -0.2) is 4.79 Å². The molecule has 45 heavy (non-hydrogen) atoms. The zero-order valence-electron chi connectivity index (χ0n) is 26.4. The highest BCUT2D eigenvalue weighted by Crippen LogP contribution is 2.70. The van der Waals surface area contributed by atoms with Crippen molar-refractivity contribution in [1.29, 1.82) is 0 Å². The average molecular weight is 625 g/mol. The van der Waals surface area contributed by atoms with E-state index in [9.17, 15) is 25.2 Å². The Labute approximate surface area is 264 Å². The summed E-state index contributed by atoms with van der Waals surface area (Å²) in [6, 6.07) is 3.90. The number of esters is 1. The molecule has 10 nitrogen and oxygen atoms in total. The molecule has 0 aromatic carbocycles. The lowest BCUT2D eigenvalue weighted by molar-refractivity contribution is -0.282. The standard InChI is InChI=1S/C35H48N2O8/c1-21-31(40)28(38)15-30(44-21)45-24-5-10-33(20-37-18-22-4-3-13-36-17-22)26-6-9-32(2)25(23-14-29(39)43-19-23)8-12-35(32,42)27(26)7-11-34(33,41)16-24/h3-4,13-14,17,20-21,24-28,30-31,38,40-42H,5-12,15-16,18-19H2,1-2H3/t21-,24-,25-,26-,27-,28-,30+,31+,32+,33-,34+,35+/m1/s1. The highest BCUT2D eigenvalue weighted by atomic mass is 16.7. The number of nitrogens with zero attached hydrogens (tertiary/aromatic N) is 2. The number of cyclic esters (lactones) is 1. The van der Waals surface area contributed by atoms with Crippen molar-refractivity contribution in [3.05, 3.63) is 41.7 Å². The minimum atomic E-state index is -1.09. The molecule has 0 spiro atoms. The summed E-state index contributed by atoms with van der Waals surface area (Å²) in [5.41, 5.74) is -1.03. The Hall–Kier alpha value is -2.21. The molecule has 3 heterocycles. The van der Waals surface area contributed by atoms with Crippen LogP contribution in [0.4, 0.5) is 0 Å². The first-order chi connectivity index (χ1) is 21.5. The molecule has 6 aliphatic rings. The molecule has 0 amide bonds. The number of fused-ring (bicyclic) bond motifs is 5. The highest BCUT2D eigenvalue weighted by Gasteiger charge is 2.71. The number of pyridine rings is 1. The number of aliphatic hydroxyl groups excluding tert-OH is 2. The molecule has 10 heteroatoms. The normalized spacial score (nSPS) is 48.0. The molecule has 5 fully saturated rings. The van der Waals surface area contributed by atoms with Crippen molar-refractivity contribution in [2.75, 3.05) is 6.61 Å². The SMILES string of the molecule is C[C@H]1O[C@@H](O[C@@H]2CC[C@@]3(C=NCc4cccnc4)[C@@H]4CC[C@@]5(C)[C@@H](C6=CC(=O)OC6)CC[C@]5(O)[C@@H]4CC[C@]3(O)C2)C[C@@H](O)[C@H]1O. The van der Waals surface area contributed by atoms with Gasteiger partial charge in [0.05, 0.1) is 36.1 Å². The molecule has 1 saturated heterocycles. The Morgan fingerprint density at radius 1 is 1.11 bits per heavy atom. The van der Waals surface area contributed by atoms with Crippen molar-refractivity contribution in [3.63, 3.8) is 0 Å². The van der Waals surface area contributed by atoms with Crippen LogP contribution in [0.1, 0.15) is 83.6 Å². The highest BCUT2D eigenvalue weighted by molar-refractivity contribution is 5.85. The van der Waals surface area contributed by atoms with E-state index in [1.54, 1.807) is 19.2 Å². The molecule has 1 aromatic heterocycles. The van der Waals surface area contributed by atoms with Gasteiger partial charge in [0.25, 0.3) is 0 Å². The number of hydrogen-bond donors (Lipinski definition) is 4. The van der Waals surface area contributed by atoms with Gasteiger partial charge in [-0.05, 0) is 93.2 Å². The lowest BCUT2D eigenvalue weighted by Gasteiger charge is -2.66. The van der Waals surface area contributed by atoms with Gasteiger partial charge in [0.15, 0.2) is 6.29 Å². The van der Waals surface area contributed by atoms with E-state index >= 15 is 0 Å². The molecule has 7 rings (SSSR count). The van der Waals surface area contributed by atoms with E-state index in [-0.39, 0.29) is 41.7 Å². The summed E-state index contributed by atoms with van der Waals surface area (Å²) in [5, 5.41) is 45.9. The van der Waals surface area contributed by atoms with Gasteiger partial charge >= 0.3 is 5.97 Å². The predicted octanol–water partition coefficient (Wildman–Crippen LogP) is 3.25. The second kappa shape index (κ2) is 11.5. The number of carbonyl (C=O) groups excluding carboxylic acids is 1. The Morgan fingerprint density at radius 2 is 1.93 bits per heavy atom. The van der Waals surface area contributed by atoms with Crippen LogP contribution in [0.25, 0.3) is 0 Å². The molecule has 0 unspecified atom stereocenters. The van der Waals surface area contributed by atoms with E-state index in [1.165, 1.54) is 0 Å². The molecule has 4 saturated carbocycles. The fraction of sp³-hybridized carbons (Fsp3) is 0.743. The molecular formula is C35H48N2O8. The third kappa shape index (κ3) is 5.02. The maximum atomic E-state index is 12.7. The number of aromatic nitrogens is 1. The zero-order chi connectivity index (χ0) is 31.6. The Bertz CT molecular complexity index is 1330. The van der Waals surface area contributed by atoms with Crippen molar-refractivity contribution in [1.82, 2.24) is 4.98 Å². The van der Waals surface area contributed by atoms with Crippen LogP contribution in [-0.2, 0) is 25.5 Å². The van der Waals surface area contributed by atoms with Crippen LogP contribution in [0.2, 0.25) is 0 Å². The minimum absolute atomic E-state index is 0.0124. The summed E-state index contributed by atoms with van der Waals surface area (Å²) in [5.74, 6) is -0.171. The lowest BCUT2D eigenvalue weighted by atomic mass is 9.41. The topological polar surface area (TPSA) is 151 Å². The first-order valence-corrected chi connectivity index (χ1v) is 16.9. The number of hydrogen-bond acceptors (Lipinski definition) is 10. The Balaban J connectivity index is 1.17.